The van der Waals surface area contributed by atoms with E-state index in [9.17, 15) is 13.2 Å². The molecule has 22 heavy (non-hydrogen) atoms. The van der Waals surface area contributed by atoms with Crippen LogP contribution in [0.2, 0.25) is 0 Å². The van der Waals surface area contributed by atoms with Crippen LogP contribution in [0, 0.1) is 0 Å². The maximum Gasteiger partial charge on any atom is 0.348 e. The fourth-order valence-corrected chi connectivity index (χ4v) is 5.57. The quantitative estimate of drug-likeness (QED) is 0.793. The van der Waals surface area contributed by atoms with Crippen molar-refractivity contribution in [3.8, 4) is 0 Å². The van der Waals surface area contributed by atoms with E-state index in [4.69, 9.17) is 0 Å². The second kappa shape index (κ2) is 7.54. The molecule has 1 saturated heterocycles. The van der Waals surface area contributed by atoms with Gasteiger partial charge in [-0.15, -0.1) is 11.3 Å². The van der Waals surface area contributed by atoms with E-state index in [0.29, 0.717) is 11.4 Å². The van der Waals surface area contributed by atoms with Crippen LogP contribution in [0.3, 0.4) is 0 Å². The van der Waals surface area contributed by atoms with Crippen molar-refractivity contribution in [1.29, 1.82) is 0 Å². The van der Waals surface area contributed by atoms with Gasteiger partial charge in [0.25, 0.3) is 0 Å². The Bertz CT molecular complexity index is 606. The molecule has 0 atom stereocenters. The number of nitrogens with one attached hydrogen (secondary N) is 1. The Morgan fingerprint density at radius 2 is 2.14 bits per heavy atom. The highest BCUT2D eigenvalue weighted by atomic mass is 32.2. The van der Waals surface area contributed by atoms with Crippen LogP contribution >= 0.6 is 11.3 Å². The lowest BCUT2D eigenvalue weighted by atomic mass is 10.1. The predicted octanol–water partition coefficient (Wildman–Crippen LogP) is 1.69. The van der Waals surface area contributed by atoms with E-state index in [1.54, 1.807) is 4.31 Å². The monoisotopic (exact) mass is 346 g/mol. The fraction of sp³-hybridized carbons (Fsp3) is 0.643. The summed E-state index contributed by atoms with van der Waals surface area (Å²) in [7, 11) is -2.29. The number of rotatable bonds is 6. The number of sulfonamides is 1. The minimum atomic E-state index is -3.58. The lowest BCUT2D eigenvalue weighted by Gasteiger charge is -2.33. The summed E-state index contributed by atoms with van der Waals surface area (Å²) in [6.07, 6.45) is 2.39. The zero-order valence-electron chi connectivity index (χ0n) is 12.9. The molecule has 1 N–H and O–H groups in total. The van der Waals surface area contributed by atoms with Gasteiger partial charge in [0.1, 0.15) is 4.88 Å². The summed E-state index contributed by atoms with van der Waals surface area (Å²) in [5.74, 6) is -0.504. The van der Waals surface area contributed by atoms with Crippen molar-refractivity contribution < 1.29 is 17.9 Å². The fourth-order valence-electron chi connectivity index (χ4n) is 2.61. The average Bonchev–Trinajstić information content (AvgIpc) is 3.03. The van der Waals surface area contributed by atoms with Crippen molar-refractivity contribution in [2.75, 3.05) is 26.7 Å². The second-order valence-electron chi connectivity index (χ2n) is 5.24. The van der Waals surface area contributed by atoms with Gasteiger partial charge in [0.15, 0.2) is 0 Å². The van der Waals surface area contributed by atoms with Crippen molar-refractivity contribution in [3.05, 3.63) is 16.3 Å². The third kappa shape index (κ3) is 3.68. The highest BCUT2D eigenvalue weighted by Gasteiger charge is 2.32. The molecule has 6 nitrogen and oxygen atoms in total. The maximum absolute atomic E-state index is 12.9. The zero-order chi connectivity index (χ0) is 16.2. The predicted molar refractivity (Wildman–Crippen MR) is 85.7 cm³/mol. The van der Waals surface area contributed by atoms with Gasteiger partial charge < -0.3 is 10.1 Å². The van der Waals surface area contributed by atoms with Gasteiger partial charge in [0.05, 0.1) is 12.0 Å². The highest BCUT2D eigenvalue weighted by Crippen LogP contribution is 2.27. The smallest absolute Gasteiger partial charge is 0.348 e. The van der Waals surface area contributed by atoms with Gasteiger partial charge in [-0.3, -0.25) is 0 Å². The summed E-state index contributed by atoms with van der Waals surface area (Å²) in [4.78, 5) is 12.0. The number of methoxy groups -OCH3 is 1. The Morgan fingerprint density at radius 3 is 2.73 bits per heavy atom. The molecule has 0 unspecified atom stereocenters. The van der Waals surface area contributed by atoms with E-state index in [0.717, 1.165) is 43.7 Å². The molecular formula is C14H22N2O4S2. The van der Waals surface area contributed by atoms with Crippen LogP contribution in [0.25, 0.3) is 0 Å². The average molecular weight is 346 g/mol. The number of hydrogen-bond donors (Lipinski definition) is 1. The highest BCUT2D eigenvalue weighted by molar-refractivity contribution is 7.89. The first-order valence-electron chi connectivity index (χ1n) is 7.40. The molecule has 0 amide bonds. The van der Waals surface area contributed by atoms with Crippen LogP contribution in [0.4, 0.5) is 0 Å². The van der Waals surface area contributed by atoms with Crippen molar-refractivity contribution in [3.63, 3.8) is 0 Å². The Hall–Kier alpha value is -0.960. The number of carbonyl (C=O) groups is 1. The zero-order valence-corrected chi connectivity index (χ0v) is 14.5. The number of piperidine rings is 1. The largest absolute Gasteiger partial charge is 0.465 e. The maximum atomic E-state index is 12.9. The molecule has 0 bridgehead atoms. The molecule has 0 radical (unpaired) electrons. The normalized spacial score (nSPS) is 16.9. The molecule has 1 aliphatic rings. The van der Waals surface area contributed by atoms with Crippen LogP contribution in [-0.2, 0) is 14.8 Å². The van der Waals surface area contributed by atoms with Crippen molar-refractivity contribution >= 4 is 27.3 Å². The third-order valence-corrected chi connectivity index (χ3v) is 6.72. The first-order chi connectivity index (χ1) is 10.5. The Balaban J connectivity index is 2.28. The number of hydrogen-bond acceptors (Lipinski definition) is 6. The standard InChI is InChI=1S/C14H22N2O4S2/c1-3-8-16(11-4-6-15-7-5-11)22(18,19)12-9-13(21-10-12)14(17)20-2/h9-11,15H,3-8H2,1-2H3. The van der Waals surface area contributed by atoms with E-state index in [1.165, 1.54) is 18.6 Å². The molecule has 1 aromatic heterocycles. The lowest BCUT2D eigenvalue weighted by Crippen LogP contribution is -2.46. The SMILES string of the molecule is CCCN(C1CCNCC1)S(=O)(=O)c1csc(C(=O)OC)c1. The molecular weight excluding hydrogens is 324 g/mol. The van der Waals surface area contributed by atoms with Crippen molar-refractivity contribution in [2.24, 2.45) is 0 Å². The van der Waals surface area contributed by atoms with Gasteiger partial charge in [-0.05, 0) is 38.4 Å². The number of thiophene rings is 1. The molecule has 8 heteroatoms. The van der Waals surface area contributed by atoms with Crippen molar-refractivity contribution in [2.45, 2.75) is 37.1 Å². The summed E-state index contributed by atoms with van der Waals surface area (Å²) < 4.78 is 32.0. The van der Waals surface area contributed by atoms with Crippen molar-refractivity contribution in [1.82, 2.24) is 9.62 Å². The number of nitrogens with zero attached hydrogens (tertiary/aromatic N) is 1. The van der Waals surface area contributed by atoms with Crippen LogP contribution < -0.4 is 5.32 Å². The Kier molecular flexibility index (Phi) is 5.96. The minimum absolute atomic E-state index is 0.0210. The second-order valence-corrected chi connectivity index (χ2v) is 8.04. The molecule has 0 saturated carbocycles. The third-order valence-electron chi connectivity index (χ3n) is 3.73. The van der Waals surface area contributed by atoms with Crippen LogP contribution in [-0.4, -0.2) is 51.5 Å². The molecule has 124 valence electrons. The summed E-state index contributed by atoms with van der Waals surface area (Å²) in [5.41, 5.74) is 0. The first-order valence-corrected chi connectivity index (χ1v) is 9.72. The minimum Gasteiger partial charge on any atom is -0.465 e. The van der Waals surface area contributed by atoms with Gasteiger partial charge in [0, 0.05) is 18.0 Å². The number of esters is 1. The van der Waals surface area contributed by atoms with Gasteiger partial charge in [-0.2, -0.15) is 4.31 Å². The lowest BCUT2D eigenvalue weighted by molar-refractivity contribution is 0.0606. The van der Waals surface area contributed by atoms with Crippen LogP contribution in [0.5, 0.6) is 0 Å². The van der Waals surface area contributed by atoms with Gasteiger partial charge in [-0.1, -0.05) is 6.92 Å². The molecule has 0 spiro atoms. The molecule has 0 aliphatic carbocycles. The van der Waals surface area contributed by atoms with E-state index in [2.05, 4.69) is 10.1 Å². The number of carbonyl (C=O) groups excluding carboxylic acids is 1. The molecule has 2 heterocycles. The Labute approximate surface area is 135 Å². The molecule has 2 rings (SSSR count). The topological polar surface area (TPSA) is 75.7 Å². The van der Waals surface area contributed by atoms with Gasteiger partial charge in [-0.25, -0.2) is 13.2 Å². The molecule has 0 aromatic carbocycles. The van der Waals surface area contributed by atoms with E-state index in [-0.39, 0.29) is 10.9 Å². The molecule has 1 fully saturated rings. The van der Waals surface area contributed by atoms with E-state index < -0.39 is 16.0 Å². The summed E-state index contributed by atoms with van der Waals surface area (Å²) >= 11 is 1.10. The summed E-state index contributed by atoms with van der Waals surface area (Å²) in [6, 6.07) is 1.43. The molecule has 1 aromatic rings. The van der Waals surface area contributed by atoms with Gasteiger partial charge in [0.2, 0.25) is 10.0 Å². The Morgan fingerprint density at radius 1 is 1.45 bits per heavy atom. The van der Waals surface area contributed by atoms with E-state index >= 15 is 0 Å². The van der Waals surface area contributed by atoms with Gasteiger partial charge >= 0.3 is 5.97 Å². The number of ether oxygens (including phenoxy) is 1. The van der Waals surface area contributed by atoms with Crippen LogP contribution in [0.15, 0.2) is 16.3 Å². The summed E-state index contributed by atoms with van der Waals surface area (Å²) in [5, 5.41) is 4.77. The summed E-state index contributed by atoms with van der Waals surface area (Å²) in [6.45, 7) is 4.13. The molecule has 1 aliphatic heterocycles. The van der Waals surface area contributed by atoms with E-state index in [1.807, 2.05) is 6.92 Å². The first kappa shape index (κ1) is 17.4. The van der Waals surface area contributed by atoms with Crippen LogP contribution in [0.1, 0.15) is 35.9 Å².